The summed E-state index contributed by atoms with van der Waals surface area (Å²) in [6.45, 7) is 4.46. The molecule has 3 aromatic rings. The molecule has 1 aromatic heterocycles. The van der Waals surface area contributed by atoms with Crippen molar-refractivity contribution < 1.29 is 9.59 Å². The standard InChI is InChI=1S/C22H23N3O2S/c1-3-14-25(15-20(26)23-17-9-5-4-8-16(17)2)22(27)13-12-21-24-18-10-6-7-11-19(18)28-21/h4-13H,3,14-15H2,1-2H3,(H,23,26)/b13-12+. The lowest BCUT2D eigenvalue weighted by Crippen LogP contribution is -2.37. The molecule has 0 fully saturated rings. The van der Waals surface area contributed by atoms with E-state index in [2.05, 4.69) is 10.3 Å². The van der Waals surface area contributed by atoms with Gasteiger partial charge >= 0.3 is 0 Å². The Morgan fingerprint density at radius 2 is 1.89 bits per heavy atom. The third kappa shape index (κ3) is 5.04. The molecule has 0 saturated carbocycles. The minimum atomic E-state index is -0.204. The third-order valence-corrected chi connectivity index (χ3v) is 5.24. The van der Waals surface area contributed by atoms with Gasteiger partial charge in [-0.15, -0.1) is 11.3 Å². The number of aryl methyl sites for hydroxylation is 1. The van der Waals surface area contributed by atoms with Gasteiger partial charge in [0.2, 0.25) is 11.8 Å². The Balaban J connectivity index is 1.65. The van der Waals surface area contributed by atoms with Gasteiger partial charge in [0, 0.05) is 18.3 Å². The summed E-state index contributed by atoms with van der Waals surface area (Å²) in [7, 11) is 0. The Kier molecular flexibility index (Phi) is 6.55. The predicted octanol–water partition coefficient (Wildman–Crippen LogP) is 4.50. The fourth-order valence-electron chi connectivity index (χ4n) is 2.82. The van der Waals surface area contributed by atoms with Gasteiger partial charge in [0.1, 0.15) is 11.6 Å². The maximum Gasteiger partial charge on any atom is 0.247 e. The molecule has 0 atom stereocenters. The first-order valence-electron chi connectivity index (χ1n) is 9.25. The summed E-state index contributed by atoms with van der Waals surface area (Å²) in [5, 5.41) is 3.65. The van der Waals surface area contributed by atoms with Crippen molar-refractivity contribution >= 4 is 45.1 Å². The van der Waals surface area contributed by atoms with E-state index in [1.54, 1.807) is 11.0 Å². The second kappa shape index (κ2) is 9.28. The van der Waals surface area contributed by atoms with E-state index in [0.717, 1.165) is 32.9 Å². The summed E-state index contributed by atoms with van der Waals surface area (Å²) in [5.74, 6) is -0.398. The van der Waals surface area contributed by atoms with Crippen LogP contribution in [-0.2, 0) is 9.59 Å². The second-order valence-corrected chi connectivity index (χ2v) is 7.54. The number of benzene rings is 2. The number of para-hydroxylation sites is 2. The number of thiazole rings is 1. The van der Waals surface area contributed by atoms with Gasteiger partial charge in [-0.2, -0.15) is 0 Å². The molecule has 1 heterocycles. The van der Waals surface area contributed by atoms with Crippen LogP contribution in [0, 0.1) is 6.92 Å². The summed E-state index contributed by atoms with van der Waals surface area (Å²) >= 11 is 1.53. The first-order valence-corrected chi connectivity index (χ1v) is 10.1. The molecular weight excluding hydrogens is 370 g/mol. The number of fused-ring (bicyclic) bond motifs is 1. The van der Waals surface area contributed by atoms with Crippen LogP contribution < -0.4 is 5.32 Å². The average molecular weight is 394 g/mol. The van der Waals surface area contributed by atoms with Crippen molar-refractivity contribution in [1.29, 1.82) is 0 Å². The number of nitrogens with zero attached hydrogens (tertiary/aromatic N) is 2. The highest BCUT2D eigenvalue weighted by atomic mass is 32.1. The van der Waals surface area contributed by atoms with E-state index in [1.165, 1.54) is 17.4 Å². The molecule has 28 heavy (non-hydrogen) atoms. The number of rotatable bonds is 7. The molecule has 0 aliphatic rings. The van der Waals surface area contributed by atoms with Crippen LogP contribution in [0.5, 0.6) is 0 Å². The normalized spacial score (nSPS) is 11.1. The van der Waals surface area contributed by atoms with Crippen molar-refractivity contribution in [2.45, 2.75) is 20.3 Å². The van der Waals surface area contributed by atoms with Gasteiger partial charge in [0.25, 0.3) is 0 Å². The van der Waals surface area contributed by atoms with E-state index in [1.807, 2.05) is 62.4 Å². The molecule has 0 aliphatic carbocycles. The largest absolute Gasteiger partial charge is 0.330 e. The zero-order chi connectivity index (χ0) is 19.9. The monoisotopic (exact) mass is 393 g/mol. The molecular formula is C22H23N3O2S. The lowest BCUT2D eigenvalue weighted by Gasteiger charge is -2.20. The van der Waals surface area contributed by atoms with E-state index in [-0.39, 0.29) is 18.4 Å². The highest BCUT2D eigenvalue weighted by Crippen LogP contribution is 2.22. The highest BCUT2D eigenvalue weighted by Gasteiger charge is 2.15. The Morgan fingerprint density at radius 3 is 2.64 bits per heavy atom. The van der Waals surface area contributed by atoms with Gasteiger partial charge in [-0.05, 0) is 43.2 Å². The molecule has 0 radical (unpaired) electrons. The zero-order valence-corrected chi connectivity index (χ0v) is 16.8. The molecule has 0 bridgehead atoms. The molecule has 144 valence electrons. The molecule has 2 aromatic carbocycles. The van der Waals surface area contributed by atoms with Crippen LogP contribution >= 0.6 is 11.3 Å². The quantitative estimate of drug-likeness (QED) is 0.602. The number of amides is 2. The molecule has 0 saturated heterocycles. The van der Waals surface area contributed by atoms with Crippen molar-refractivity contribution in [3.8, 4) is 0 Å². The summed E-state index contributed by atoms with van der Waals surface area (Å²) in [6.07, 6.45) is 3.99. The predicted molar refractivity (Wildman–Crippen MR) is 115 cm³/mol. The maximum atomic E-state index is 12.6. The fraction of sp³-hybridized carbons (Fsp3) is 0.227. The van der Waals surface area contributed by atoms with Crippen molar-refractivity contribution in [2.24, 2.45) is 0 Å². The van der Waals surface area contributed by atoms with Crippen LogP contribution in [0.3, 0.4) is 0 Å². The number of carbonyl (C=O) groups excluding carboxylic acids is 2. The zero-order valence-electron chi connectivity index (χ0n) is 16.0. The number of nitrogens with one attached hydrogen (secondary N) is 1. The van der Waals surface area contributed by atoms with Crippen molar-refractivity contribution in [3.63, 3.8) is 0 Å². The molecule has 3 rings (SSSR count). The number of hydrogen-bond donors (Lipinski definition) is 1. The molecule has 1 N–H and O–H groups in total. The molecule has 0 aliphatic heterocycles. The smallest absolute Gasteiger partial charge is 0.247 e. The minimum absolute atomic E-state index is 0.0190. The SMILES string of the molecule is CCCN(CC(=O)Nc1ccccc1C)C(=O)/C=C/c1nc2ccccc2s1. The molecule has 0 unspecified atom stereocenters. The Morgan fingerprint density at radius 1 is 1.14 bits per heavy atom. The first-order chi connectivity index (χ1) is 13.6. The van der Waals surface area contributed by atoms with Gasteiger partial charge in [-0.3, -0.25) is 9.59 Å². The van der Waals surface area contributed by atoms with Crippen LogP contribution in [0.1, 0.15) is 23.9 Å². The Labute approximate surface area is 168 Å². The van der Waals surface area contributed by atoms with E-state index < -0.39 is 0 Å². The third-order valence-electron chi connectivity index (χ3n) is 4.24. The molecule has 2 amide bonds. The topological polar surface area (TPSA) is 62.3 Å². The molecule has 0 spiro atoms. The van der Waals surface area contributed by atoms with Gasteiger partial charge in [0.15, 0.2) is 0 Å². The second-order valence-electron chi connectivity index (χ2n) is 6.48. The van der Waals surface area contributed by atoms with Gasteiger partial charge < -0.3 is 10.2 Å². The van der Waals surface area contributed by atoms with Crippen molar-refractivity contribution in [2.75, 3.05) is 18.4 Å². The van der Waals surface area contributed by atoms with E-state index in [9.17, 15) is 9.59 Å². The van der Waals surface area contributed by atoms with Crippen molar-refractivity contribution in [1.82, 2.24) is 9.88 Å². The first kappa shape index (κ1) is 19.8. The van der Waals surface area contributed by atoms with E-state index >= 15 is 0 Å². The molecule has 5 nitrogen and oxygen atoms in total. The van der Waals surface area contributed by atoms with Crippen LogP contribution in [0.2, 0.25) is 0 Å². The van der Waals surface area contributed by atoms with E-state index in [4.69, 9.17) is 0 Å². The van der Waals surface area contributed by atoms with Crippen LogP contribution in [0.15, 0.2) is 54.6 Å². The Hall–Kier alpha value is -2.99. The van der Waals surface area contributed by atoms with Crippen LogP contribution in [0.25, 0.3) is 16.3 Å². The van der Waals surface area contributed by atoms with E-state index in [0.29, 0.717) is 6.54 Å². The lowest BCUT2D eigenvalue weighted by molar-refractivity contribution is -0.130. The number of aromatic nitrogens is 1. The van der Waals surface area contributed by atoms with Gasteiger partial charge in [0.05, 0.1) is 10.2 Å². The maximum absolute atomic E-state index is 12.6. The van der Waals surface area contributed by atoms with Crippen LogP contribution in [-0.4, -0.2) is 34.8 Å². The number of anilines is 1. The van der Waals surface area contributed by atoms with Gasteiger partial charge in [-0.1, -0.05) is 37.3 Å². The Bertz CT molecular complexity index is 977. The summed E-state index contributed by atoms with van der Waals surface area (Å²) in [5.41, 5.74) is 2.67. The fourth-order valence-corrected chi connectivity index (χ4v) is 3.69. The van der Waals surface area contributed by atoms with Gasteiger partial charge in [-0.25, -0.2) is 4.98 Å². The van der Waals surface area contributed by atoms with Crippen LogP contribution in [0.4, 0.5) is 5.69 Å². The highest BCUT2D eigenvalue weighted by molar-refractivity contribution is 7.19. The minimum Gasteiger partial charge on any atom is -0.330 e. The summed E-state index contributed by atoms with van der Waals surface area (Å²) in [6, 6.07) is 15.4. The lowest BCUT2D eigenvalue weighted by atomic mass is 10.2. The number of carbonyl (C=O) groups is 2. The number of hydrogen-bond acceptors (Lipinski definition) is 4. The summed E-state index contributed by atoms with van der Waals surface area (Å²) in [4.78, 5) is 31.1. The van der Waals surface area contributed by atoms with Crippen molar-refractivity contribution in [3.05, 3.63) is 65.2 Å². The summed E-state index contributed by atoms with van der Waals surface area (Å²) < 4.78 is 1.08. The average Bonchev–Trinajstić information content (AvgIpc) is 3.10. The molecule has 6 heteroatoms.